The zero-order valence-corrected chi connectivity index (χ0v) is 10.2. The molecule has 1 heterocycles. The van der Waals surface area contributed by atoms with Crippen molar-refractivity contribution in [3.63, 3.8) is 0 Å². The number of aromatic nitrogens is 1. The summed E-state index contributed by atoms with van der Waals surface area (Å²) in [6.45, 7) is 1.98. The molecular weight excluding hydrogens is 216 g/mol. The molecular formula is C9H14N2OS2. The molecule has 0 bridgehead atoms. The molecule has 1 aromatic rings. The van der Waals surface area contributed by atoms with E-state index in [0.29, 0.717) is 6.42 Å². The summed E-state index contributed by atoms with van der Waals surface area (Å²) < 4.78 is 1.05. The van der Waals surface area contributed by atoms with Gasteiger partial charge in [0, 0.05) is 37.3 Å². The van der Waals surface area contributed by atoms with Gasteiger partial charge in [-0.1, -0.05) is 11.8 Å². The van der Waals surface area contributed by atoms with Gasteiger partial charge in [0.05, 0.1) is 0 Å². The Morgan fingerprint density at radius 1 is 1.64 bits per heavy atom. The summed E-state index contributed by atoms with van der Waals surface area (Å²) in [6.07, 6.45) is 0.580. The van der Waals surface area contributed by atoms with Crippen LogP contribution in [-0.4, -0.2) is 35.6 Å². The van der Waals surface area contributed by atoms with Crippen molar-refractivity contribution in [2.24, 2.45) is 0 Å². The first-order valence-corrected chi connectivity index (χ1v) is 6.21. The van der Waals surface area contributed by atoms with E-state index in [1.54, 1.807) is 42.1 Å². The maximum absolute atomic E-state index is 11.2. The second-order valence-corrected chi connectivity index (χ2v) is 5.34. The largest absolute Gasteiger partial charge is 0.349 e. The first-order chi connectivity index (χ1) is 6.59. The predicted octanol–water partition coefficient (Wildman–Crippen LogP) is 2.02. The van der Waals surface area contributed by atoms with Crippen molar-refractivity contribution in [2.45, 2.75) is 17.7 Å². The molecule has 14 heavy (non-hydrogen) atoms. The third-order valence-electron chi connectivity index (χ3n) is 1.64. The van der Waals surface area contributed by atoms with E-state index in [9.17, 15) is 4.79 Å². The quantitative estimate of drug-likeness (QED) is 0.742. The van der Waals surface area contributed by atoms with Gasteiger partial charge in [-0.25, -0.2) is 4.98 Å². The van der Waals surface area contributed by atoms with Gasteiger partial charge in [0.2, 0.25) is 5.91 Å². The van der Waals surface area contributed by atoms with Crippen molar-refractivity contribution >= 4 is 29.0 Å². The Bertz CT molecular complexity index is 310. The maximum Gasteiger partial charge on any atom is 0.222 e. The molecule has 0 saturated carbocycles. The Morgan fingerprint density at radius 3 is 2.86 bits per heavy atom. The van der Waals surface area contributed by atoms with Crippen LogP contribution in [0.2, 0.25) is 0 Å². The highest BCUT2D eigenvalue weighted by Crippen LogP contribution is 2.22. The van der Waals surface area contributed by atoms with Crippen LogP contribution >= 0.6 is 23.1 Å². The van der Waals surface area contributed by atoms with E-state index in [4.69, 9.17) is 0 Å². The Balaban J connectivity index is 2.25. The number of hydrogen-bond acceptors (Lipinski definition) is 4. The average Bonchev–Trinajstić information content (AvgIpc) is 2.51. The van der Waals surface area contributed by atoms with E-state index < -0.39 is 0 Å². The molecule has 0 aliphatic heterocycles. The highest BCUT2D eigenvalue weighted by atomic mass is 32.2. The van der Waals surface area contributed by atoms with Crippen molar-refractivity contribution in [2.75, 3.05) is 19.8 Å². The van der Waals surface area contributed by atoms with Gasteiger partial charge in [-0.3, -0.25) is 4.79 Å². The molecule has 0 N–H and O–H groups in total. The summed E-state index contributed by atoms with van der Waals surface area (Å²) in [5, 5.41) is 2.02. The van der Waals surface area contributed by atoms with Crippen LogP contribution in [0.25, 0.3) is 0 Å². The smallest absolute Gasteiger partial charge is 0.222 e. The van der Waals surface area contributed by atoms with Gasteiger partial charge in [-0.2, -0.15) is 0 Å². The lowest BCUT2D eigenvalue weighted by Gasteiger charge is -2.08. The van der Waals surface area contributed by atoms with Gasteiger partial charge in [-0.15, -0.1) is 11.3 Å². The summed E-state index contributed by atoms with van der Waals surface area (Å²) in [4.78, 5) is 17.2. The van der Waals surface area contributed by atoms with E-state index >= 15 is 0 Å². The molecule has 1 aromatic heterocycles. The summed E-state index contributed by atoms with van der Waals surface area (Å²) in [5.41, 5.74) is 1.05. The van der Waals surface area contributed by atoms with Crippen LogP contribution in [0, 0.1) is 6.92 Å². The second kappa shape index (κ2) is 5.36. The van der Waals surface area contributed by atoms with E-state index in [1.807, 2.05) is 12.3 Å². The number of nitrogens with zero attached hydrogens (tertiary/aromatic N) is 2. The fourth-order valence-corrected chi connectivity index (χ4v) is 2.70. The minimum Gasteiger partial charge on any atom is -0.349 e. The topological polar surface area (TPSA) is 33.2 Å². The minimum atomic E-state index is 0.172. The molecule has 1 rings (SSSR count). The third kappa shape index (κ3) is 3.67. The highest BCUT2D eigenvalue weighted by Gasteiger charge is 2.05. The fourth-order valence-electron chi connectivity index (χ4n) is 0.848. The van der Waals surface area contributed by atoms with Gasteiger partial charge < -0.3 is 4.90 Å². The highest BCUT2D eigenvalue weighted by molar-refractivity contribution is 8.01. The number of carbonyl (C=O) groups excluding carboxylic acids is 1. The van der Waals surface area contributed by atoms with E-state index in [-0.39, 0.29) is 5.91 Å². The van der Waals surface area contributed by atoms with Crippen molar-refractivity contribution in [1.29, 1.82) is 0 Å². The van der Waals surface area contributed by atoms with Crippen molar-refractivity contribution in [3.05, 3.63) is 11.1 Å². The van der Waals surface area contributed by atoms with Gasteiger partial charge >= 0.3 is 0 Å². The van der Waals surface area contributed by atoms with Crippen molar-refractivity contribution in [1.82, 2.24) is 9.88 Å². The van der Waals surface area contributed by atoms with Crippen molar-refractivity contribution < 1.29 is 4.79 Å². The van der Waals surface area contributed by atoms with E-state index in [2.05, 4.69) is 4.98 Å². The van der Waals surface area contributed by atoms with Gasteiger partial charge in [0.1, 0.15) is 4.34 Å². The van der Waals surface area contributed by atoms with Crippen molar-refractivity contribution in [3.8, 4) is 0 Å². The maximum atomic E-state index is 11.2. The Morgan fingerprint density at radius 2 is 2.36 bits per heavy atom. The number of hydrogen-bond donors (Lipinski definition) is 0. The Kier molecular flexibility index (Phi) is 4.41. The number of aryl methyl sites for hydroxylation is 1. The number of amides is 1. The minimum absolute atomic E-state index is 0.172. The first kappa shape index (κ1) is 11.5. The van der Waals surface area contributed by atoms with Crippen LogP contribution in [0.5, 0.6) is 0 Å². The average molecular weight is 230 g/mol. The lowest BCUT2D eigenvalue weighted by atomic mass is 10.4. The van der Waals surface area contributed by atoms with Crippen LogP contribution in [0.4, 0.5) is 0 Å². The standard InChI is InChI=1S/C9H14N2OS2/c1-7-6-14-9(10-7)13-5-4-8(12)11(2)3/h6H,4-5H2,1-3H3. The summed E-state index contributed by atoms with van der Waals surface area (Å²) in [7, 11) is 3.56. The van der Waals surface area contributed by atoms with Gasteiger partial charge in [0.15, 0.2) is 0 Å². The molecule has 0 unspecified atom stereocenters. The van der Waals surface area contributed by atoms with E-state index in [0.717, 1.165) is 15.8 Å². The van der Waals surface area contributed by atoms with Crippen LogP contribution in [0.1, 0.15) is 12.1 Å². The summed E-state index contributed by atoms with van der Waals surface area (Å²) in [5.74, 6) is 0.982. The number of rotatable bonds is 4. The normalized spacial score (nSPS) is 10.2. The summed E-state index contributed by atoms with van der Waals surface area (Å²) in [6, 6.07) is 0. The van der Waals surface area contributed by atoms with Crippen LogP contribution in [0.3, 0.4) is 0 Å². The number of carbonyl (C=O) groups is 1. The molecule has 3 nitrogen and oxygen atoms in total. The number of thioether (sulfide) groups is 1. The van der Waals surface area contributed by atoms with Crippen LogP contribution in [0.15, 0.2) is 9.72 Å². The third-order valence-corrected chi connectivity index (χ3v) is 3.78. The van der Waals surface area contributed by atoms with Gasteiger partial charge in [-0.05, 0) is 6.92 Å². The van der Waals surface area contributed by atoms with Gasteiger partial charge in [0.25, 0.3) is 0 Å². The lowest BCUT2D eigenvalue weighted by Crippen LogP contribution is -2.21. The summed E-state index contributed by atoms with van der Waals surface area (Å²) >= 11 is 3.28. The SMILES string of the molecule is Cc1csc(SCCC(=O)N(C)C)n1. The lowest BCUT2D eigenvalue weighted by molar-refractivity contribution is -0.128. The molecule has 0 radical (unpaired) electrons. The Labute approximate surface area is 92.5 Å². The molecule has 0 aliphatic carbocycles. The van der Waals surface area contributed by atoms with Crippen LogP contribution < -0.4 is 0 Å². The molecule has 0 spiro atoms. The first-order valence-electron chi connectivity index (χ1n) is 4.34. The molecule has 0 aromatic carbocycles. The molecule has 0 saturated heterocycles. The van der Waals surface area contributed by atoms with E-state index in [1.165, 1.54) is 0 Å². The molecule has 0 aliphatic rings. The van der Waals surface area contributed by atoms with Crippen LogP contribution in [-0.2, 0) is 4.79 Å². The molecule has 0 atom stereocenters. The fraction of sp³-hybridized carbons (Fsp3) is 0.556. The molecule has 1 amide bonds. The monoisotopic (exact) mass is 230 g/mol. The zero-order chi connectivity index (χ0) is 10.6. The predicted molar refractivity (Wildman–Crippen MR) is 60.9 cm³/mol. The zero-order valence-electron chi connectivity index (χ0n) is 8.61. The Hall–Kier alpha value is -0.550. The number of thiazole rings is 1. The molecule has 5 heteroatoms. The molecule has 0 fully saturated rings. The second-order valence-electron chi connectivity index (χ2n) is 3.14. The molecule has 78 valence electrons.